The first kappa shape index (κ1) is 11.1. The normalized spacial score (nSPS) is 32.1. The van der Waals surface area contributed by atoms with E-state index in [4.69, 9.17) is 4.74 Å². The van der Waals surface area contributed by atoms with Crippen molar-refractivity contribution in [1.29, 1.82) is 0 Å². The maximum atomic E-state index is 11.5. The zero-order chi connectivity index (χ0) is 10.9. The second-order valence-electron chi connectivity index (χ2n) is 5.37. The zero-order valence-corrected chi connectivity index (χ0v) is 9.79. The molecule has 0 spiro atoms. The Morgan fingerprint density at radius 1 is 1.53 bits per heavy atom. The first-order valence-electron chi connectivity index (χ1n) is 5.96. The summed E-state index contributed by atoms with van der Waals surface area (Å²) in [6, 6.07) is 0. The number of ketones is 1. The number of piperidine rings is 1. The Morgan fingerprint density at radius 3 is 3.00 bits per heavy atom. The fraction of sp³-hybridized carbons (Fsp3) is 0.917. The molecular weight excluding hydrogens is 190 g/mol. The minimum Gasteiger partial charge on any atom is -0.377 e. The molecule has 0 aromatic rings. The Kier molecular flexibility index (Phi) is 3.12. The molecule has 0 aliphatic carbocycles. The van der Waals surface area contributed by atoms with Crippen molar-refractivity contribution in [2.75, 3.05) is 19.7 Å². The molecule has 3 heteroatoms. The summed E-state index contributed by atoms with van der Waals surface area (Å²) in [6.07, 6.45) is 4.41. The number of carbonyl (C=O) groups excluding carboxylic acids is 1. The van der Waals surface area contributed by atoms with E-state index >= 15 is 0 Å². The second-order valence-corrected chi connectivity index (χ2v) is 5.37. The van der Waals surface area contributed by atoms with E-state index in [1.165, 1.54) is 6.42 Å². The van der Waals surface area contributed by atoms with Gasteiger partial charge in [0.1, 0.15) is 5.78 Å². The summed E-state index contributed by atoms with van der Waals surface area (Å²) in [5.41, 5.74) is 0.167. The third kappa shape index (κ3) is 2.58. The van der Waals surface area contributed by atoms with E-state index in [1.54, 1.807) is 0 Å². The van der Waals surface area contributed by atoms with Gasteiger partial charge in [0.25, 0.3) is 0 Å². The second kappa shape index (κ2) is 4.22. The molecule has 2 rings (SSSR count). The van der Waals surface area contributed by atoms with Crippen LogP contribution < -0.4 is 0 Å². The van der Waals surface area contributed by atoms with Crippen molar-refractivity contribution >= 4 is 5.78 Å². The summed E-state index contributed by atoms with van der Waals surface area (Å²) in [7, 11) is 0. The van der Waals surface area contributed by atoms with Crippen LogP contribution in [0.2, 0.25) is 0 Å². The van der Waals surface area contributed by atoms with Gasteiger partial charge in [0, 0.05) is 25.1 Å². The fourth-order valence-corrected chi connectivity index (χ4v) is 2.46. The van der Waals surface area contributed by atoms with Gasteiger partial charge in [-0.3, -0.25) is 9.69 Å². The first-order chi connectivity index (χ1) is 7.08. The lowest BCUT2D eigenvalue weighted by Gasteiger charge is -2.42. The lowest BCUT2D eigenvalue weighted by atomic mass is 9.89. The third-order valence-electron chi connectivity index (χ3n) is 3.69. The SMILES string of the molecule is CC1(C)CCC(=O)CN1CC1CCCO1. The minimum absolute atomic E-state index is 0.167. The number of Topliss-reactive ketones (excluding diaryl/α,β-unsaturated/α-hetero) is 1. The predicted molar refractivity (Wildman–Crippen MR) is 58.9 cm³/mol. The van der Waals surface area contributed by atoms with Gasteiger partial charge in [0.15, 0.2) is 0 Å². The van der Waals surface area contributed by atoms with Crippen molar-refractivity contribution in [2.24, 2.45) is 0 Å². The molecule has 15 heavy (non-hydrogen) atoms. The Labute approximate surface area is 91.8 Å². The largest absolute Gasteiger partial charge is 0.377 e. The number of likely N-dealkylation sites (tertiary alicyclic amines) is 1. The molecule has 0 radical (unpaired) electrons. The molecule has 0 amide bonds. The van der Waals surface area contributed by atoms with Gasteiger partial charge in [0.2, 0.25) is 0 Å². The van der Waals surface area contributed by atoms with Crippen molar-refractivity contribution in [3.05, 3.63) is 0 Å². The molecule has 86 valence electrons. The predicted octanol–water partition coefficient (Wildman–Crippen LogP) is 1.61. The highest BCUT2D eigenvalue weighted by molar-refractivity contribution is 5.81. The molecule has 0 aromatic carbocycles. The molecule has 0 N–H and O–H groups in total. The van der Waals surface area contributed by atoms with Gasteiger partial charge in [-0.1, -0.05) is 0 Å². The number of hydrogen-bond acceptors (Lipinski definition) is 3. The summed E-state index contributed by atoms with van der Waals surface area (Å²) in [5, 5.41) is 0. The zero-order valence-electron chi connectivity index (χ0n) is 9.79. The van der Waals surface area contributed by atoms with Crippen molar-refractivity contribution in [3.8, 4) is 0 Å². The molecule has 0 bridgehead atoms. The van der Waals surface area contributed by atoms with E-state index in [0.717, 1.165) is 32.4 Å². The van der Waals surface area contributed by atoms with Crippen LogP contribution in [0.5, 0.6) is 0 Å². The molecular formula is C12H21NO2. The summed E-state index contributed by atoms with van der Waals surface area (Å²) in [5.74, 6) is 0.382. The maximum absolute atomic E-state index is 11.5. The van der Waals surface area contributed by atoms with Crippen molar-refractivity contribution in [3.63, 3.8) is 0 Å². The standard InChI is InChI=1S/C12H21NO2/c1-12(2)6-5-10(14)8-13(12)9-11-4-3-7-15-11/h11H,3-9H2,1-2H3. The van der Waals surface area contributed by atoms with Crippen LogP contribution in [0.3, 0.4) is 0 Å². The lowest BCUT2D eigenvalue weighted by molar-refractivity contribution is -0.126. The Bertz CT molecular complexity index is 244. The van der Waals surface area contributed by atoms with Crippen LogP contribution in [-0.2, 0) is 9.53 Å². The molecule has 0 saturated carbocycles. The molecule has 0 aromatic heterocycles. The molecule has 3 nitrogen and oxygen atoms in total. The van der Waals surface area contributed by atoms with Crippen LogP contribution >= 0.6 is 0 Å². The van der Waals surface area contributed by atoms with E-state index in [0.29, 0.717) is 18.4 Å². The van der Waals surface area contributed by atoms with Crippen molar-refractivity contribution < 1.29 is 9.53 Å². The van der Waals surface area contributed by atoms with Crippen molar-refractivity contribution in [1.82, 2.24) is 4.90 Å². The quantitative estimate of drug-likeness (QED) is 0.695. The van der Waals surface area contributed by atoms with E-state index in [9.17, 15) is 4.79 Å². The van der Waals surface area contributed by atoms with Gasteiger partial charge < -0.3 is 4.74 Å². The van der Waals surface area contributed by atoms with Gasteiger partial charge >= 0.3 is 0 Å². The molecule has 1 unspecified atom stereocenters. The summed E-state index contributed by atoms with van der Waals surface area (Å²) in [6.45, 7) is 6.90. The van der Waals surface area contributed by atoms with Gasteiger partial charge in [-0.25, -0.2) is 0 Å². The molecule has 2 aliphatic heterocycles. The molecule has 2 fully saturated rings. The summed E-state index contributed by atoms with van der Waals surface area (Å²) >= 11 is 0. The Balaban J connectivity index is 1.94. The highest BCUT2D eigenvalue weighted by atomic mass is 16.5. The monoisotopic (exact) mass is 211 g/mol. The average Bonchev–Trinajstić information content (AvgIpc) is 2.65. The third-order valence-corrected chi connectivity index (χ3v) is 3.69. The van der Waals surface area contributed by atoms with Gasteiger partial charge in [-0.15, -0.1) is 0 Å². The number of carbonyl (C=O) groups is 1. The maximum Gasteiger partial charge on any atom is 0.146 e. The van der Waals surface area contributed by atoms with E-state index in [-0.39, 0.29) is 5.54 Å². The van der Waals surface area contributed by atoms with Crippen molar-refractivity contribution in [2.45, 2.75) is 51.2 Å². The highest BCUT2D eigenvalue weighted by Gasteiger charge is 2.35. The molecule has 1 atom stereocenters. The number of hydrogen-bond donors (Lipinski definition) is 0. The van der Waals surface area contributed by atoms with E-state index < -0.39 is 0 Å². The topological polar surface area (TPSA) is 29.5 Å². The van der Waals surface area contributed by atoms with Crippen LogP contribution in [0.25, 0.3) is 0 Å². The van der Waals surface area contributed by atoms with E-state index in [2.05, 4.69) is 18.7 Å². The number of nitrogens with zero attached hydrogens (tertiary/aromatic N) is 1. The molecule has 2 aliphatic rings. The van der Waals surface area contributed by atoms with Crippen LogP contribution in [0.4, 0.5) is 0 Å². The average molecular weight is 211 g/mol. The van der Waals surface area contributed by atoms with Crippen LogP contribution in [-0.4, -0.2) is 42.0 Å². The first-order valence-corrected chi connectivity index (χ1v) is 5.96. The van der Waals surface area contributed by atoms with Crippen LogP contribution in [0.1, 0.15) is 39.5 Å². The Morgan fingerprint density at radius 2 is 2.33 bits per heavy atom. The number of ether oxygens (including phenoxy) is 1. The van der Waals surface area contributed by atoms with Crippen LogP contribution in [0, 0.1) is 0 Å². The van der Waals surface area contributed by atoms with Gasteiger partial charge in [0.05, 0.1) is 12.6 Å². The molecule has 2 heterocycles. The highest BCUT2D eigenvalue weighted by Crippen LogP contribution is 2.27. The van der Waals surface area contributed by atoms with Crippen LogP contribution in [0.15, 0.2) is 0 Å². The molecule has 2 saturated heterocycles. The van der Waals surface area contributed by atoms with E-state index in [1.807, 2.05) is 0 Å². The number of rotatable bonds is 2. The lowest BCUT2D eigenvalue weighted by Crippen LogP contribution is -2.53. The summed E-state index contributed by atoms with van der Waals surface area (Å²) < 4.78 is 5.63. The van der Waals surface area contributed by atoms with Gasteiger partial charge in [-0.2, -0.15) is 0 Å². The summed E-state index contributed by atoms with van der Waals surface area (Å²) in [4.78, 5) is 13.8. The van der Waals surface area contributed by atoms with Gasteiger partial charge in [-0.05, 0) is 33.1 Å². The smallest absolute Gasteiger partial charge is 0.146 e. The minimum atomic E-state index is 0.167. The fourth-order valence-electron chi connectivity index (χ4n) is 2.46. The Hall–Kier alpha value is -0.410.